The molecule has 1 aromatic heterocycles. The second-order valence-electron chi connectivity index (χ2n) is 4.82. The first-order chi connectivity index (χ1) is 9.72. The van der Waals surface area contributed by atoms with Crippen LogP contribution in [0, 0.1) is 0 Å². The number of halogens is 1. The molecule has 1 atom stereocenters. The van der Waals surface area contributed by atoms with Gasteiger partial charge in [0, 0.05) is 11.0 Å². The molecule has 2 aromatic carbocycles. The van der Waals surface area contributed by atoms with E-state index < -0.39 is 0 Å². The quantitative estimate of drug-likeness (QED) is 0.695. The van der Waals surface area contributed by atoms with E-state index >= 15 is 0 Å². The van der Waals surface area contributed by atoms with E-state index in [0.29, 0.717) is 5.92 Å². The SMILES string of the molecule is CC(CNc1nc2cc(Br)ccc2s1)c1ccccc1. The van der Waals surface area contributed by atoms with Gasteiger partial charge in [-0.3, -0.25) is 0 Å². The molecule has 20 heavy (non-hydrogen) atoms. The number of thiazole rings is 1. The molecule has 3 rings (SSSR count). The van der Waals surface area contributed by atoms with Gasteiger partial charge in [-0.15, -0.1) is 0 Å². The zero-order valence-corrected chi connectivity index (χ0v) is 13.5. The van der Waals surface area contributed by atoms with Crippen LogP contribution < -0.4 is 5.32 Å². The molecule has 102 valence electrons. The van der Waals surface area contributed by atoms with Gasteiger partial charge in [-0.05, 0) is 29.7 Å². The van der Waals surface area contributed by atoms with Crippen LogP contribution in [0.3, 0.4) is 0 Å². The van der Waals surface area contributed by atoms with Crippen molar-refractivity contribution in [3.8, 4) is 0 Å². The van der Waals surface area contributed by atoms with Crippen LogP contribution in [-0.4, -0.2) is 11.5 Å². The van der Waals surface area contributed by atoms with Crippen LogP contribution in [-0.2, 0) is 0 Å². The van der Waals surface area contributed by atoms with E-state index in [1.807, 2.05) is 0 Å². The maximum Gasteiger partial charge on any atom is 0.183 e. The van der Waals surface area contributed by atoms with Crippen molar-refractivity contribution in [1.82, 2.24) is 4.98 Å². The van der Waals surface area contributed by atoms with Gasteiger partial charge in [-0.2, -0.15) is 0 Å². The summed E-state index contributed by atoms with van der Waals surface area (Å²) in [5, 5.41) is 4.43. The van der Waals surface area contributed by atoms with E-state index in [1.165, 1.54) is 10.3 Å². The molecule has 3 aromatic rings. The smallest absolute Gasteiger partial charge is 0.183 e. The summed E-state index contributed by atoms with van der Waals surface area (Å²) in [4.78, 5) is 4.62. The van der Waals surface area contributed by atoms with Gasteiger partial charge in [0.15, 0.2) is 5.13 Å². The van der Waals surface area contributed by atoms with Crippen molar-refractivity contribution in [3.05, 3.63) is 58.6 Å². The first kappa shape index (κ1) is 13.6. The number of rotatable bonds is 4. The highest BCUT2D eigenvalue weighted by molar-refractivity contribution is 9.10. The lowest BCUT2D eigenvalue weighted by Crippen LogP contribution is -2.09. The predicted octanol–water partition coefficient (Wildman–Crippen LogP) is 5.27. The largest absolute Gasteiger partial charge is 0.361 e. The Morgan fingerprint density at radius 1 is 1.20 bits per heavy atom. The van der Waals surface area contributed by atoms with Gasteiger partial charge < -0.3 is 5.32 Å². The molecule has 0 aliphatic carbocycles. The Balaban J connectivity index is 1.71. The number of nitrogens with zero attached hydrogens (tertiary/aromatic N) is 1. The van der Waals surface area contributed by atoms with Crippen molar-refractivity contribution >= 4 is 42.6 Å². The van der Waals surface area contributed by atoms with Gasteiger partial charge in [0.25, 0.3) is 0 Å². The van der Waals surface area contributed by atoms with E-state index in [-0.39, 0.29) is 0 Å². The zero-order valence-electron chi connectivity index (χ0n) is 11.1. The highest BCUT2D eigenvalue weighted by Crippen LogP contribution is 2.28. The Morgan fingerprint density at radius 3 is 2.80 bits per heavy atom. The van der Waals surface area contributed by atoms with Gasteiger partial charge in [0.1, 0.15) is 0 Å². The van der Waals surface area contributed by atoms with Crippen molar-refractivity contribution in [1.29, 1.82) is 0 Å². The average Bonchev–Trinajstić information content (AvgIpc) is 2.87. The predicted molar refractivity (Wildman–Crippen MR) is 90.7 cm³/mol. The molecule has 0 amide bonds. The molecule has 0 spiro atoms. The summed E-state index contributed by atoms with van der Waals surface area (Å²) in [5.41, 5.74) is 2.39. The van der Waals surface area contributed by atoms with Gasteiger partial charge in [0.05, 0.1) is 10.2 Å². The van der Waals surface area contributed by atoms with Crippen molar-refractivity contribution in [3.63, 3.8) is 0 Å². The highest BCUT2D eigenvalue weighted by Gasteiger charge is 2.07. The fourth-order valence-corrected chi connectivity index (χ4v) is 3.32. The second-order valence-corrected chi connectivity index (χ2v) is 6.77. The molecule has 1 unspecified atom stereocenters. The molecule has 0 radical (unpaired) electrons. The van der Waals surface area contributed by atoms with Crippen LogP contribution in [0.15, 0.2) is 53.0 Å². The van der Waals surface area contributed by atoms with Crippen LogP contribution in [0.5, 0.6) is 0 Å². The fraction of sp³-hybridized carbons (Fsp3) is 0.188. The van der Waals surface area contributed by atoms with Crippen molar-refractivity contribution in [2.24, 2.45) is 0 Å². The fourth-order valence-electron chi connectivity index (χ4n) is 2.12. The van der Waals surface area contributed by atoms with Crippen molar-refractivity contribution < 1.29 is 0 Å². The van der Waals surface area contributed by atoms with Crippen molar-refractivity contribution in [2.45, 2.75) is 12.8 Å². The Kier molecular flexibility index (Phi) is 4.03. The molecular weight excluding hydrogens is 332 g/mol. The highest BCUT2D eigenvalue weighted by atomic mass is 79.9. The van der Waals surface area contributed by atoms with E-state index in [1.54, 1.807) is 11.3 Å². The summed E-state index contributed by atoms with van der Waals surface area (Å²) in [6, 6.07) is 16.8. The normalized spacial score (nSPS) is 12.5. The molecule has 0 aliphatic rings. The number of hydrogen-bond acceptors (Lipinski definition) is 3. The summed E-state index contributed by atoms with van der Waals surface area (Å²) in [6.07, 6.45) is 0. The maximum absolute atomic E-state index is 4.62. The second kappa shape index (κ2) is 5.94. The summed E-state index contributed by atoms with van der Waals surface area (Å²) in [5.74, 6) is 0.468. The Bertz CT molecular complexity index is 709. The number of aromatic nitrogens is 1. The summed E-state index contributed by atoms with van der Waals surface area (Å²) < 4.78 is 2.28. The van der Waals surface area contributed by atoms with E-state index in [9.17, 15) is 0 Å². The third-order valence-corrected chi connectivity index (χ3v) is 4.77. The van der Waals surface area contributed by atoms with E-state index in [2.05, 4.69) is 81.7 Å². The molecule has 2 nitrogen and oxygen atoms in total. The number of hydrogen-bond donors (Lipinski definition) is 1. The molecule has 0 fully saturated rings. The van der Waals surface area contributed by atoms with Gasteiger partial charge in [-0.1, -0.05) is 64.5 Å². The standard InChI is InChI=1S/C16H15BrN2S/c1-11(12-5-3-2-4-6-12)10-18-16-19-14-9-13(17)7-8-15(14)20-16/h2-9,11H,10H2,1H3,(H,18,19). The Morgan fingerprint density at radius 2 is 2.00 bits per heavy atom. The molecule has 4 heteroatoms. The van der Waals surface area contributed by atoms with E-state index in [4.69, 9.17) is 0 Å². The summed E-state index contributed by atoms with van der Waals surface area (Å²) in [7, 11) is 0. The third kappa shape index (κ3) is 3.02. The monoisotopic (exact) mass is 346 g/mol. The third-order valence-electron chi connectivity index (χ3n) is 3.28. The van der Waals surface area contributed by atoms with E-state index in [0.717, 1.165) is 21.7 Å². The van der Waals surface area contributed by atoms with Crippen LogP contribution in [0.1, 0.15) is 18.4 Å². The van der Waals surface area contributed by atoms with Crippen LogP contribution >= 0.6 is 27.3 Å². The molecule has 1 heterocycles. The topological polar surface area (TPSA) is 24.9 Å². The minimum Gasteiger partial charge on any atom is -0.361 e. The van der Waals surface area contributed by atoms with Gasteiger partial charge in [0.2, 0.25) is 0 Å². The molecule has 0 aliphatic heterocycles. The Hall–Kier alpha value is -1.39. The minimum absolute atomic E-state index is 0.468. The number of fused-ring (bicyclic) bond motifs is 1. The number of anilines is 1. The number of benzene rings is 2. The first-order valence-corrected chi connectivity index (χ1v) is 8.18. The minimum atomic E-state index is 0.468. The lowest BCUT2D eigenvalue weighted by molar-refractivity contribution is 0.804. The first-order valence-electron chi connectivity index (χ1n) is 6.57. The molecule has 0 bridgehead atoms. The molecular formula is C16H15BrN2S. The Labute approximate surface area is 131 Å². The zero-order chi connectivity index (χ0) is 13.9. The van der Waals surface area contributed by atoms with Gasteiger partial charge in [-0.25, -0.2) is 4.98 Å². The number of nitrogens with one attached hydrogen (secondary N) is 1. The summed E-state index contributed by atoms with van der Waals surface area (Å²) >= 11 is 5.18. The van der Waals surface area contributed by atoms with Crippen LogP contribution in [0.4, 0.5) is 5.13 Å². The maximum atomic E-state index is 4.62. The average molecular weight is 347 g/mol. The summed E-state index contributed by atoms with van der Waals surface area (Å²) in [6.45, 7) is 3.12. The van der Waals surface area contributed by atoms with Crippen LogP contribution in [0.25, 0.3) is 10.2 Å². The lowest BCUT2D eigenvalue weighted by Gasteiger charge is -2.11. The lowest BCUT2D eigenvalue weighted by atomic mass is 10.0. The van der Waals surface area contributed by atoms with Crippen LogP contribution in [0.2, 0.25) is 0 Å². The van der Waals surface area contributed by atoms with Gasteiger partial charge >= 0.3 is 0 Å². The van der Waals surface area contributed by atoms with Crippen molar-refractivity contribution in [2.75, 3.05) is 11.9 Å². The molecule has 0 saturated heterocycles. The molecule has 0 saturated carbocycles. The molecule has 1 N–H and O–H groups in total.